The molecule has 0 radical (unpaired) electrons. The molecule has 0 aliphatic carbocycles. The van der Waals surface area contributed by atoms with E-state index in [4.69, 9.17) is 11.5 Å². The molecule has 0 spiro atoms. The number of rotatable bonds is 17. The van der Waals surface area contributed by atoms with Gasteiger partial charge in [0, 0.05) is 47.9 Å². The van der Waals surface area contributed by atoms with Crippen molar-refractivity contribution in [3.63, 3.8) is 0 Å². The summed E-state index contributed by atoms with van der Waals surface area (Å²) in [7, 11) is 2.16. The SMILES string of the molecule is C[C@@H](O)[C@@H]1NC(=O)[C@H](CCCCN)NC(=O)[C@@H](Cc2c[nH]c3ccccc23)NC(=O)[C@H](Cc2ccccc2)NC(=O)[C@@H](NC(=O)[C@H](N)Cc2ccccc2)CSSC[C@@H](C(=O)N[C@H](CO)[C@@H](C)O)CC1=O. The molecule has 1 aromatic heterocycles. The van der Waals surface area contributed by atoms with Crippen LogP contribution in [0.2, 0.25) is 0 Å². The third kappa shape index (κ3) is 17.2. The number of carbonyl (C=O) groups is 7. The van der Waals surface area contributed by atoms with E-state index in [1.54, 1.807) is 48.7 Å². The smallest absolute Gasteiger partial charge is 0.244 e. The molecule has 6 amide bonds. The summed E-state index contributed by atoms with van der Waals surface area (Å²) in [6, 6.07) is 16.3. The number of aliphatic hydroxyl groups excluding tert-OH is 3. The number of para-hydroxylation sites is 1. The highest BCUT2D eigenvalue weighted by Crippen LogP contribution is 2.28. The fraction of sp³-hybridized carbons (Fsp3) is 0.460. The highest BCUT2D eigenvalue weighted by atomic mass is 33.1. The third-order valence-electron chi connectivity index (χ3n) is 12.1. The van der Waals surface area contributed by atoms with Crippen LogP contribution in [-0.4, -0.2) is 141 Å². The zero-order valence-corrected chi connectivity index (χ0v) is 41.5. The van der Waals surface area contributed by atoms with Gasteiger partial charge in [-0.25, -0.2) is 0 Å². The molecule has 10 atom stereocenters. The van der Waals surface area contributed by atoms with E-state index in [9.17, 15) is 48.9 Å². The minimum atomic E-state index is -1.55. The van der Waals surface area contributed by atoms with E-state index in [-0.39, 0.29) is 43.7 Å². The molecule has 19 nitrogen and oxygen atoms in total. The average molecular weight is 1020 g/mol. The summed E-state index contributed by atoms with van der Waals surface area (Å²) in [5.74, 6) is -6.58. The molecule has 1 fully saturated rings. The van der Waals surface area contributed by atoms with Gasteiger partial charge in [0.15, 0.2) is 5.78 Å². The van der Waals surface area contributed by atoms with Crippen molar-refractivity contribution in [1.29, 1.82) is 0 Å². The number of hydrogen-bond donors (Lipinski definition) is 12. The first-order chi connectivity index (χ1) is 34.1. The van der Waals surface area contributed by atoms with Crippen LogP contribution in [0.25, 0.3) is 10.9 Å². The second-order valence-electron chi connectivity index (χ2n) is 17.8. The van der Waals surface area contributed by atoms with Gasteiger partial charge in [-0.05, 0) is 68.8 Å². The maximum Gasteiger partial charge on any atom is 0.244 e. The molecule has 3 aromatic carbocycles. The topological polar surface area (TPSA) is 320 Å². The molecular formula is C50H67N9O10S2. The minimum absolute atomic E-state index is 0.0348. The number of carbonyl (C=O) groups excluding carboxylic acids is 7. The molecule has 0 bridgehead atoms. The lowest BCUT2D eigenvalue weighted by Crippen LogP contribution is -2.60. The van der Waals surface area contributed by atoms with Crippen LogP contribution < -0.4 is 43.4 Å². The van der Waals surface area contributed by atoms with E-state index in [0.717, 1.165) is 38.1 Å². The van der Waals surface area contributed by atoms with Crippen molar-refractivity contribution in [2.45, 2.75) is 113 Å². The number of amides is 6. The number of hydrogen-bond acceptors (Lipinski definition) is 14. The van der Waals surface area contributed by atoms with Gasteiger partial charge in [0.1, 0.15) is 30.2 Å². The van der Waals surface area contributed by atoms with Crippen LogP contribution in [0.15, 0.2) is 91.1 Å². The number of aromatic amines is 1. The Hall–Kier alpha value is -5.81. The molecular weight excluding hydrogens is 951 g/mol. The number of Topliss-reactive ketones (excluding diaryl/α,β-unsaturated/α-hetero) is 1. The van der Waals surface area contributed by atoms with Gasteiger partial charge in [-0.2, -0.15) is 0 Å². The summed E-state index contributed by atoms with van der Waals surface area (Å²) in [5, 5.41) is 48.2. The normalized spacial score (nSPS) is 22.9. The Balaban J connectivity index is 1.56. The van der Waals surface area contributed by atoms with Gasteiger partial charge in [0.05, 0.1) is 36.8 Å². The fourth-order valence-electron chi connectivity index (χ4n) is 7.98. The molecule has 14 N–H and O–H groups in total. The molecule has 1 saturated heterocycles. The molecule has 1 aliphatic rings. The van der Waals surface area contributed by atoms with Crippen LogP contribution in [-0.2, 0) is 52.8 Å². The number of fused-ring (bicyclic) bond motifs is 1. The van der Waals surface area contributed by atoms with Crippen LogP contribution in [0.3, 0.4) is 0 Å². The van der Waals surface area contributed by atoms with Gasteiger partial charge in [0.2, 0.25) is 35.4 Å². The molecule has 0 saturated carbocycles. The Morgan fingerprint density at radius 2 is 1.34 bits per heavy atom. The molecule has 1 aliphatic heterocycles. The summed E-state index contributed by atoms with van der Waals surface area (Å²) in [6.45, 7) is 2.32. The van der Waals surface area contributed by atoms with Crippen LogP contribution >= 0.6 is 21.6 Å². The Labute approximate surface area is 421 Å². The van der Waals surface area contributed by atoms with Crippen molar-refractivity contribution in [3.05, 3.63) is 108 Å². The zero-order chi connectivity index (χ0) is 51.5. The number of nitrogens with two attached hydrogens (primary N) is 2. The minimum Gasteiger partial charge on any atom is -0.394 e. The molecule has 21 heteroatoms. The van der Waals surface area contributed by atoms with Gasteiger partial charge in [-0.15, -0.1) is 0 Å². The monoisotopic (exact) mass is 1020 g/mol. The number of aliphatic hydroxyl groups is 3. The Kier molecular flexibility index (Phi) is 22.4. The lowest BCUT2D eigenvalue weighted by molar-refractivity contribution is -0.136. The van der Waals surface area contributed by atoms with E-state index in [2.05, 4.69) is 36.9 Å². The van der Waals surface area contributed by atoms with E-state index < -0.39 is 115 Å². The Bertz CT molecular complexity index is 2390. The Morgan fingerprint density at radius 3 is 1.99 bits per heavy atom. The molecule has 71 heavy (non-hydrogen) atoms. The summed E-state index contributed by atoms with van der Waals surface area (Å²) >= 11 is 0. The van der Waals surface area contributed by atoms with Crippen LogP contribution in [0, 0.1) is 5.92 Å². The first kappa shape index (κ1) is 56.1. The molecule has 2 heterocycles. The van der Waals surface area contributed by atoms with Gasteiger partial charge in [-0.3, -0.25) is 33.6 Å². The predicted molar refractivity (Wildman–Crippen MR) is 273 cm³/mol. The van der Waals surface area contributed by atoms with Crippen molar-refractivity contribution < 1.29 is 48.9 Å². The number of aromatic nitrogens is 1. The second-order valence-corrected chi connectivity index (χ2v) is 20.3. The third-order valence-corrected chi connectivity index (χ3v) is 14.6. The van der Waals surface area contributed by atoms with E-state index in [1.165, 1.54) is 13.8 Å². The van der Waals surface area contributed by atoms with E-state index >= 15 is 0 Å². The largest absolute Gasteiger partial charge is 0.394 e. The number of unbranched alkanes of at least 4 members (excludes halogenated alkanes) is 1. The second kappa shape index (κ2) is 28.3. The van der Waals surface area contributed by atoms with Gasteiger partial charge in [0.25, 0.3) is 0 Å². The predicted octanol–water partition coefficient (Wildman–Crippen LogP) is 0.285. The highest BCUT2D eigenvalue weighted by Gasteiger charge is 2.36. The lowest BCUT2D eigenvalue weighted by Gasteiger charge is -2.29. The van der Waals surface area contributed by atoms with E-state index in [0.29, 0.717) is 24.0 Å². The zero-order valence-electron chi connectivity index (χ0n) is 39.9. The number of ketones is 1. The fourth-order valence-corrected chi connectivity index (χ4v) is 10.5. The average Bonchev–Trinajstić information content (AvgIpc) is 3.76. The van der Waals surface area contributed by atoms with Crippen molar-refractivity contribution in [1.82, 2.24) is 36.9 Å². The molecule has 384 valence electrons. The van der Waals surface area contributed by atoms with Gasteiger partial charge < -0.3 is 63.7 Å². The van der Waals surface area contributed by atoms with Crippen molar-refractivity contribution >= 4 is 73.7 Å². The first-order valence-electron chi connectivity index (χ1n) is 23.7. The van der Waals surface area contributed by atoms with Crippen molar-refractivity contribution in [2.75, 3.05) is 24.7 Å². The standard InChI is InChI=1S/C50H67N9O10S2/c1-29(61)41(26-60)57-45(64)34-24-43(63)44(30(2)62)59-47(66)38(19-11-12-20-51)54-49(68)40(23-33-25-53-37-18-10-9-17-35(33)37)56-48(67)39(22-32-15-7-4-8-16-32)55-50(69)42(28-71-70-27-34)58-46(65)36(52)21-31-13-5-3-6-14-31/h3-10,13-18,25,29-30,34,36,38-42,44,53,60-62H,11-12,19-24,26-28,51-52H2,1-2H3,(H,54,68)(H,55,69)(H,56,67)(H,57,64)(H,58,65)(H,59,66)/t29-,30-,34+,36-,38+,39+,40-,41-,42+,44+/m1/s1. The number of H-pyrrole nitrogens is 1. The van der Waals surface area contributed by atoms with Gasteiger partial charge in [-0.1, -0.05) is 100 Å². The van der Waals surface area contributed by atoms with Crippen LogP contribution in [0.5, 0.6) is 0 Å². The van der Waals surface area contributed by atoms with Crippen molar-refractivity contribution in [3.8, 4) is 0 Å². The molecule has 4 aromatic rings. The van der Waals surface area contributed by atoms with E-state index in [1.807, 2.05) is 42.5 Å². The number of nitrogens with one attached hydrogen (secondary N) is 7. The maximum absolute atomic E-state index is 14.7. The quantitative estimate of drug-likeness (QED) is 0.0500. The number of benzene rings is 3. The molecule has 0 unspecified atom stereocenters. The van der Waals surface area contributed by atoms with Crippen molar-refractivity contribution in [2.24, 2.45) is 17.4 Å². The summed E-state index contributed by atoms with van der Waals surface area (Å²) in [5.41, 5.74) is 15.0. The van der Waals surface area contributed by atoms with Crippen LogP contribution in [0.4, 0.5) is 0 Å². The first-order valence-corrected chi connectivity index (χ1v) is 26.2. The summed E-state index contributed by atoms with van der Waals surface area (Å²) < 4.78 is 0. The van der Waals surface area contributed by atoms with Gasteiger partial charge >= 0.3 is 0 Å². The maximum atomic E-state index is 14.7. The highest BCUT2D eigenvalue weighted by molar-refractivity contribution is 8.76. The summed E-state index contributed by atoms with van der Waals surface area (Å²) in [6.07, 6.45) is -0.506. The lowest BCUT2D eigenvalue weighted by atomic mass is 9.95. The molecule has 5 rings (SSSR count). The van der Waals surface area contributed by atoms with Crippen LogP contribution in [0.1, 0.15) is 56.2 Å². The Morgan fingerprint density at radius 1 is 0.746 bits per heavy atom. The summed E-state index contributed by atoms with van der Waals surface area (Å²) in [4.78, 5) is 103.